The summed E-state index contributed by atoms with van der Waals surface area (Å²) >= 11 is 0. The molecule has 0 radical (unpaired) electrons. The molecule has 4 amide bonds. The fourth-order valence-electron chi connectivity index (χ4n) is 5.66. The first kappa shape index (κ1) is 22.5. The van der Waals surface area contributed by atoms with E-state index in [1.165, 1.54) is 0 Å². The van der Waals surface area contributed by atoms with Crippen molar-refractivity contribution in [2.75, 3.05) is 6.54 Å². The Morgan fingerprint density at radius 3 is 2.72 bits per heavy atom. The Bertz CT molecular complexity index is 1320. The second kappa shape index (κ2) is 8.62. The summed E-state index contributed by atoms with van der Waals surface area (Å²) in [5.41, 5.74) is 2.67. The van der Waals surface area contributed by atoms with Crippen molar-refractivity contribution in [3.63, 3.8) is 0 Å². The average molecular weight is 484 g/mol. The van der Waals surface area contributed by atoms with Crippen LogP contribution in [0.25, 0.3) is 11.4 Å². The van der Waals surface area contributed by atoms with Gasteiger partial charge >= 0.3 is 6.03 Å². The van der Waals surface area contributed by atoms with Crippen LogP contribution in [-0.2, 0) is 28.1 Å². The van der Waals surface area contributed by atoms with E-state index in [1.807, 2.05) is 53.4 Å². The first-order valence-electron chi connectivity index (χ1n) is 12.6. The molecule has 1 aliphatic heterocycles. The van der Waals surface area contributed by atoms with Gasteiger partial charge in [-0.05, 0) is 61.3 Å². The van der Waals surface area contributed by atoms with Crippen molar-refractivity contribution in [2.24, 2.45) is 5.92 Å². The second-order valence-electron chi connectivity index (χ2n) is 10.1. The molecule has 36 heavy (non-hydrogen) atoms. The molecule has 2 atom stereocenters. The molecule has 1 aromatic heterocycles. The minimum Gasteiger partial charge on any atom is -0.345 e. The van der Waals surface area contributed by atoms with E-state index in [1.54, 1.807) is 12.4 Å². The van der Waals surface area contributed by atoms with Gasteiger partial charge in [-0.2, -0.15) is 0 Å². The number of carbonyl (C=O) groups is 3. The number of urea groups is 1. The molecule has 1 spiro atoms. The second-order valence-corrected chi connectivity index (χ2v) is 10.1. The highest BCUT2D eigenvalue weighted by Crippen LogP contribution is 2.42. The Morgan fingerprint density at radius 1 is 1.19 bits per heavy atom. The van der Waals surface area contributed by atoms with Crippen LogP contribution in [0.1, 0.15) is 42.9 Å². The predicted molar refractivity (Wildman–Crippen MR) is 133 cm³/mol. The zero-order chi connectivity index (χ0) is 24.9. The summed E-state index contributed by atoms with van der Waals surface area (Å²) in [5.74, 6) is 0.683. The van der Waals surface area contributed by atoms with Crippen molar-refractivity contribution >= 4 is 17.8 Å². The minimum absolute atomic E-state index is 0.0552. The minimum atomic E-state index is -1.11. The van der Waals surface area contributed by atoms with Gasteiger partial charge < -0.3 is 15.2 Å². The van der Waals surface area contributed by atoms with E-state index in [-0.39, 0.29) is 24.4 Å². The molecular formula is C28H29N5O3. The molecule has 8 heteroatoms. The molecule has 6 rings (SSSR count). The van der Waals surface area contributed by atoms with Gasteiger partial charge in [0.15, 0.2) is 0 Å². The van der Waals surface area contributed by atoms with Crippen LogP contribution < -0.4 is 5.32 Å². The van der Waals surface area contributed by atoms with Crippen LogP contribution in [-0.4, -0.2) is 50.2 Å². The molecule has 2 aliphatic carbocycles. The summed E-state index contributed by atoms with van der Waals surface area (Å²) in [7, 11) is 0. The number of benzene rings is 2. The van der Waals surface area contributed by atoms with E-state index in [4.69, 9.17) is 0 Å². The van der Waals surface area contributed by atoms with Gasteiger partial charge in [0.1, 0.15) is 17.9 Å². The Labute approximate surface area is 209 Å². The molecule has 2 fully saturated rings. The number of fused-ring (bicyclic) bond motifs is 2. The van der Waals surface area contributed by atoms with Crippen molar-refractivity contribution in [3.8, 4) is 11.4 Å². The highest BCUT2D eigenvalue weighted by molar-refractivity contribution is 6.10. The number of aromatic nitrogens is 2. The number of hydrogen-bond acceptors (Lipinski definition) is 4. The molecule has 3 aromatic rings. The van der Waals surface area contributed by atoms with Gasteiger partial charge in [-0.25, -0.2) is 9.78 Å². The first-order chi connectivity index (χ1) is 17.5. The van der Waals surface area contributed by atoms with Gasteiger partial charge in [0.05, 0.1) is 0 Å². The SMILES string of the molecule is CC(C1CC1)N(Cc1ccccc1)C(=O)CN1C(=O)NC2(CCc3cc(-c4ncc[nH]4)ccc32)C1=O. The number of carbonyl (C=O) groups excluding carboxylic acids is 3. The van der Waals surface area contributed by atoms with Crippen molar-refractivity contribution in [1.82, 2.24) is 25.1 Å². The number of nitrogens with one attached hydrogen (secondary N) is 2. The zero-order valence-corrected chi connectivity index (χ0v) is 20.2. The van der Waals surface area contributed by atoms with E-state index in [9.17, 15) is 14.4 Å². The largest absolute Gasteiger partial charge is 0.345 e. The molecule has 2 unspecified atom stereocenters. The zero-order valence-electron chi connectivity index (χ0n) is 20.2. The fourth-order valence-corrected chi connectivity index (χ4v) is 5.66. The monoisotopic (exact) mass is 483 g/mol. The fraction of sp³-hybridized carbons (Fsp3) is 0.357. The van der Waals surface area contributed by atoms with Gasteiger partial charge in [0.25, 0.3) is 5.91 Å². The summed E-state index contributed by atoms with van der Waals surface area (Å²) in [6.07, 6.45) is 6.81. The molecule has 1 saturated heterocycles. The third kappa shape index (κ3) is 3.77. The maximum absolute atomic E-state index is 13.7. The van der Waals surface area contributed by atoms with E-state index >= 15 is 0 Å². The summed E-state index contributed by atoms with van der Waals surface area (Å²) in [5, 5.41) is 2.94. The topological polar surface area (TPSA) is 98.4 Å². The maximum Gasteiger partial charge on any atom is 0.325 e. The Morgan fingerprint density at radius 2 is 2.00 bits per heavy atom. The summed E-state index contributed by atoms with van der Waals surface area (Å²) in [4.78, 5) is 50.6. The standard InChI is InChI=1S/C28H29N5O3/c1-18(20-7-8-20)32(16-19-5-3-2-4-6-19)24(34)17-33-26(35)28(31-27(33)36)12-11-21-15-22(9-10-23(21)28)25-29-13-14-30-25/h2-6,9-10,13-15,18,20H,7-8,11-12,16-17H2,1H3,(H,29,30)(H,31,36). The van der Waals surface area contributed by atoms with Crippen LogP contribution in [0, 0.1) is 5.92 Å². The first-order valence-corrected chi connectivity index (χ1v) is 12.6. The Balaban J connectivity index is 1.23. The third-order valence-electron chi connectivity index (χ3n) is 7.89. The lowest BCUT2D eigenvalue weighted by atomic mass is 9.91. The van der Waals surface area contributed by atoms with Crippen LogP contribution in [0.5, 0.6) is 0 Å². The number of imide groups is 1. The molecular weight excluding hydrogens is 454 g/mol. The van der Waals surface area contributed by atoms with Crippen molar-refractivity contribution in [3.05, 3.63) is 77.6 Å². The molecule has 1 saturated carbocycles. The quantitative estimate of drug-likeness (QED) is 0.502. The van der Waals surface area contributed by atoms with Gasteiger partial charge in [-0.15, -0.1) is 0 Å². The third-order valence-corrected chi connectivity index (χ3v) is 7.89. The Hall–Kier alpha value is -3.94. The van der Waals surface area contributed by atoms with Crippen molar-refractivity contribution < 1.29 is 14.4 Å². The molecule has 0 bridgehead atoms. The van der Waals surface area contributed by atoms with Crippen LogP contribution in [0.15, 0.2) is 60.9 Å². The maximum atomic E-state index is 13.7. The van der Waals surface area contributed by atoms with Crippen LogP contribution in [0.4, 0.5) is 4.79 Å². The number of hydrogen-bond donors (Lipinski definition) is 2. The lowest BCUT2D eigenvalue weighted by Gasteiger charge is -2.31. The highest BCUT2D eigenvalue weighted by Gasteiger charge is 2.56. The summed E-state index contributed by atoms with van der Waals surface area (Å²) in [6, 6.07) is 15.2. The number of imidazole rings is 1. The molecule has 8 nitrogen and oxygen atoms in total. The average Bonchev–Trinajstić information content (AvgIpc) is 3.39. The lowest BCUT2D eigenvalue weighted by molar-refractivity contribution is -0.141. The van der Waals surface area contributed by atoms with Crippen LogP contribution in [0.2, 0.25) is 0 Å². The number of aromatic amines is 1. The lowest BCUT2D eigenvalue weighted by Crippen LogP contribution is -2.47. The molecule has 3 aliphatic rings. The van der Waals surface area contributed by atoms with E-state index in [2.05, 4.69) is 22.2 Å². The van der Waals surface area contributed by atoms with Crippen molar-refractivity contribution in [1.29, 1.82) is 0 Å². The van der Waals surface area contributed by atoms with E-state index in [0.29, 0.717) is 25.3 Å². The number of amides is 4. The van der Waals surface area contributed by atoms with Crippen LogP contribution >= 0.6 is 0 Å². The predicted octanol–water partition coefficient (Wildman–Crippen LogP) is 3.60. The van der Waals surface area contributed by atoms with E-state index in [0.717, 1.165) is 45.8 Å². The Kier molecular flexibility index (Phi) is 5.39. The highest BCUT2D eigenvalue weighted by atomic mass is 16.2. The summed E-state index contributed by atoms with van der Waals surface area (Å²) < 4.78 is 0. The number of H-pyrrole nitrogens is 1. The number of rotatable bonds is 7. The molecule has 2 aromatic carbocycles. The van der Waals surface area contributed by atoms with Crippen molar-refractivity contribution in [2.45, 2.75) is 50.7 Å². The normalized spacial score (nSPS) is 21.5. The van der Waals surface area contributed by atoms with Gasteiger partial charge in [-0.3, -0.25) is 14.5 Å². The van der Waals surface area contributed by atoms with Gasteiger partial charge in [0.2, 0.25) is 5.91 Å². The molecule has 184 valence electrons. The molecule has 2 N–H and O–H groups in total. The smallest absolute Gasteiger partial charge is 0.325 e. The number of aryl methyl sites for hydroxylation is 1. The van der Waals surface area contributed by atoms with Crippen LogP contribution in [0.3, 0.4) is 0 Å². The van der Waals surface area contributed by atoms with Gasteiger partial charge in [0, 0.05) is 30.5 Å². The van der Waals surface area contributed by atoms with E-state index < -0.39 is 11.6 Å². The van der Waals surface area contributed by atoms with Gasteiger partial charge in [-0.1, -0.05) is 42.5 Å². The number of nitrogens with zero attached hydrogens (tertiary/aromatic N) is 3. The molecule has 2 heterocycles. The summed E-state index contributed by atoms with van der Waals surface area (Å²) in [6.45, 7) is 2.27.